The molecule has 0 saturated carbocycles. The normalized spacial score (nSPS) is 11.2. The second kappa shape index (κ2) is 4.59. The number of aromatic nitrogens is 1. The van der Waals surface area contributed by atoms with Crippen LogP contribution in [0.5, 0.6) is 5.75 Å². The molecule has 1 aromatic heterocycles. The molecule has 88 valence electrons. The summed E-state index contributed by atoms with van der Waals surface area (Å²) in [6.07, 6.45) is 1.49. The number of aliphatic imine (C=N–C) groups is 1. The third-order valence-corrected chi connectivity index (χ3v) is 2.68. The largest absolute Gasteiger partial charge is 0.507 e. The van der Waals surface area contributed by atoms with E-state index in [1.54, 1.807) is 12.1 Å². The predicted molar refractivity (Wildman–Crippen MR) is 66.3 cm³/mol. The zero-order chi connectivity index (χ0) is 12.4. The Balaban J connectivity index is 2.32. The Bertz CT molecular complexity index is 576. The standard InChI is InChI=1S/C12H11ClN2O2/c1-7-8(2)15-17-12(7)14-6-9-5-10(13)3-4-11(9)16/h3-6,16H,1-2H3. The lowest BCUT2D eigenvalue weighted by Crippen LogP contribution is -1.82. The number of nitrogens with zero attached hydrogens (tertiary/aromatic N) is 2. The summed E-state index contributed by atoms with van der Waals surface area (Å²) in [6, 6.07) is 4.75. The number of rotatable bonds is 2. The average Bonchev–Trinajstić information content (AvgIpc) is 2.62. The minimum Gasteiger partial charge on any atom is -0.507 e. The van der Waals surface area contributed by atoms with Crippen molar-refractivity contribution in [2.24, 2.45) is 4.99 Å². The van der Waals surface area contributed by atoms with Gasteiger partial charge in [-0.2, -0.15) is 0 Å². The maximum absolute atomic E-state index is 9.59. The lowest BCUT2D eigenvalue weighted by molar-refractivity contribution is 0.425. The van der Waals surface area contributed by atoms with Gasteiger partial charge >= 0.3 is 0 Å². The van der Waals surface area contributed by atoms with E-state index in [0.717, 1.165) is 11.3 Å². The van der Waals surface area contributed by atoms with E-state index in [1.165, 1.54) is 12.3 Å². The molecule has 0 radical (unpaired) electrons. The van der Waals surface area contributed by atoms with Gasteiger partial charge < -0.3 is 9.63 Å². The van der Waals surface area contributed by atoms with Crippen molar-refractivity contribution in [3.8, 4) is 5.75 Å². The molecule has 2 aromatic rings. The van der Waals surface area contributed by atoms with Gasteiger partial charge in [0.15, 0.2) is 0 Å². The molecule has 1 N–H and O–H groups in total. The summed E-state index contributed by atoms with van der Waals surface area (Å²) in [6.45, 7) is 3.71. The number of aryl methyl sites for hydroxylation is 1. The van der Waals surface area contributed by atoms with Crippen LogP contribution in [-0.4, -0.2) is 16.5 Å². The summed E-state index contributed by atoms with van der Waals surface area (Å²) in [5.74, 6) is 0.550. The van der Waals surface area contributed by atoms with Gasteiger partial charge in [-0.25, -0.2) is 4.99 Å². The smallest absolute Gasteiger partial charge is 0.253 e. The summed E-state index contributed by atoms with van der Waals surface area (Å²) in [7, 11) is 0. The molecule has 4 nitrogen and oxygen atoms in total. The average molecular weight is 251 g/mol. The van der Waals surface area contributed by atoms with Gasteiger partial charge in [-0.3, -0.25) is 0 Å². The minimum absolute atomic E-state index is 0.118. The molecule has 2 rings (SSSR count). The number of benzene rings is 1. The highest BCUT2D eigenvalue weighted by atomic mass is 35.5. The number of hydrogen-bond donors (Lipinski definition) is 1. The first kappa shape index (κ1) is 11.7. The quantitative estimate of drug-likeness (QED) is 0.831. The van der Waals surface area contributed by atoms with Gasteiger partial charge in [0.25, 0.3) is 5.88 Å². The molecule has 0 bridgehead atoms. The van der Waals surface area contributed by atoms with Gasteiger partial charge in [0.1, 0.15) is 5.75 Å². The van der Waals surface area contributed by atoms with Crippen molar-refractivity contribution in [2.75, 3.05) is 0 Å². The van der Waals surface area contributed by atoms with Crippen LogP contribution in [0, 0.1) is 13.8 Å². The van der Waals surface area contributed by atoms with Crippen LogP contribution in [0.2, 0.25) is 5.02 Å². The zero-order valence-electron chi connectivity index (χ0n) is 9.44. The van der Waals surface area contributed by atoms with Crippen molar-refractivity contribution in [1.82, 2.24) is 5.16 Å². The molecule has 5 heteroatoms. The number of phenols is 1. The van der Waals surface area contributed by atoms with Crippen molar-refractivity contribution >= 4 is 23.7 Å². The molecule has 17 heavy (non-hydrogen) atoms. The first-order chi connectivity index (χ1) is 8.08. The second-order valence-electron chi connectivity index (χ2n) is 3.66. The molecular formula is C12H11ClN2O2. The summed E-state index contributed by atoms with van der Waals surface area (Å²) >= 11 is 5.83. The summed E-state index contributed by atoms with van der Waals surface area (Å²) in [5.41, 5.74) is 2.21. The highest BCUT2D eigenvalue weighted by Gasteiger charge is 2.06. The van der Waals surface area contributed by atoms with Crippen molar-refractivity contribution < 1.29 is 9.63 Å². The summed E-state index contributed by atoms with van der Waals surface area (Å²) < 4.78 is 5.02. The SMILES string of the molecule is Cc1noc(N=Cc2cc(Cl)ccc2O)c1C. The molecule has 0 unspecified atom stereocenters. The Labute approximate surface area is 104 Å². The molecule has 1 aromatic carbocycles. The number of hydrogen-bond acceptors (Lipinski definition) is 4. The van der Waals surface area contributed by atoms with Crippen LogP contribution in [0.25, 0.3) is 0 Å². The Morgan fingerprint density at radius 2 is 2.18 bits per heavy atom. The molecule has 0 spiro atoms. The molecule has 0 amide bonds. The van der Waals surface area contributed by atoms with Crippen LogP contribution in [0.4, 0.5) is 5.88 Å². The first-order valence-corrected chi connectivity index (χ1v) is 5.41. The Morgan fingerprint density at radius 3 is 2.82 bits per heavy atom. The third-order valence-electron chi connectivity index (χ3n) is 2.44. The first-order valence-electron chi connectivity index (χ1n) is 5.03. The topological polar surface area (TPSA) is 58.6 Å². The lowest BCUT2D eigenvalue weighted by Gasteiger charge is -1.98. The monoisotopic (exact) mass is 250 g/mol. The predicted octanol–water partition coefficient (Wildman–Crippen LogP) is 3.40. The van der Waals surface area contributed by atoms with E-state index in [0.29, 0.717) is 16.5 Å². The van der Waals surface area contributed by atoms with Gasteiger partial charge in [0.2, 0.25) is 0 Å². The van der Waals surface area contributed by atoms with Gasteiger partial charge in [-0.1, -0.05) is 16.8 Å². The van der Waals surface area contributed by atoms with Gasteiger partial charge in [0.05, 0.1) is 5.69 Å². The molecular weight excluding hydrogens is 240 g/mol. The van der Waals surface area contributed by atoms with Crippen LogP contribution < -0.4 is 0 Å². The number of aromatic hydroxyl groups is 1. The number of halogens is 1. The lowest BCUT2D eigenvalue weighted by atomic mass is 10.2. The summed E-state index contributed by atoms with van der Waals surface area (Å²) in [5, 5.41) is 13.9. The molecule has 0 aliphatic rings. The number of phenolic OH excluding ortho intramolecular Hbond substituents is 1. The maximum Gasteiger partial charge on any atom is 0.253 e. The Kier molecular flexibility index (Phi) is 3.15. The molecule has 0 fully saturated rings. The third kappa shape index (κ3) is 2.47. The Morgan fingerprint density at radius 1 is 1.41 bits per heavy atom. The molecule has 0 saturated heterocycles. The van der Waals surface area contributed by atoms with E-state index in [-0.39, 0.29) is 5.75 Å². The van der Waals surface area contributed by atoms with Crippen molar-refractivity contribution in [1.29, 1.82) is 0 Å². The van der Waals surface area contributed by atoms with E-state index >= 15 is 0 Å². The zero-order valence-corrected chi connectivity index (χ0v) is 10.2. The molecule has 0 aliphatic carbocycles. The Hall–Kier alpha value is -1.81. The van der Waals surface area contributed by atoms with Gasteiger partial charge in [-0.05, 0) is 32.0 Å². The van der Waals surface area contributed by atoms with Crippen LogP contribution in [0.1, 0.15) is 16.8 Å². The molecule has 0 aliphatic heterocycles. The molecule has 0 atom stereocenters. The van der Waals surface area contributed by atoms with Gasteiger partial charge in [-0.15, -0.1) is 0 Å². The fraction of sp³-hybridized carbons (Fsp3) is 0.167. The van der Waals surface area contributed by atoms with Crippen molar-refractivity contribution in [3.63, 3.8) is 0 Å². The van der Waals surface area contributed by atoms with Crippen LogP contribution in [0.3, 0.4) is 0 Å². The second-order valence-corrected chi connectivity index (χ2v) is 4.10. The van der Waals surface area contributed by atoms with Crippen LogP contribution in [-0.2, 0) is 0 Å². The van der Waals surface area contributed by atoms with E-state index in [2.05, 4.69) is 10.1 Å². The van der Waals surface area contributed by atoms with Crippen molar-refractivity contribution in [3.05, 3.63) is 40.0 Å². The van der Waals surface area contributed by atoms with Crippen LogP contribution >= 0.6 is 11.6 Å². The highest BCUT2D eigenvalue weighted by Crippen LogP contribution is 2.23. The fourth-order valence-electron chi connectivity index (χ4n) is 1.28. The van der Waals surface area contributed by atoms with Gasteiger partial charge in [0, 0.05) is 22.4 Å². The maximum atomic E-state index is 9.59. The summed E-state index contributed by atoms with van der Waals surface area (Å²) in [4.78, 5) is 4.13. The van der Waals surface area contributed by atoms with E-state index in [4.69, 9.17) is 16.1 Å². The van der Waals surface area contributed by atoms with E-state index in [9.17, 15) is 5.11 Å². The molecule has 1 heterocycles. The minimum atomic E-state index is 0.118. The van der Waals surface area contributed by atoms with Crippen LogP contribution in [0.15, 0.2) is 27.7 Å². The van der Waals surface area contributed by atoms with E-state index < -0.39 is 0 Å². The van der Waals surface area contributed by atoms with Crippen molar-refractivity contribution in [2.45, 2.75) is 13.8 Å². The fourth-order valence-corrected chi connectivity index (χ4v) is 1.46. The highest BCUT2D eigenvalue weighted by molar-refractivity contribution is 6.30. The van der Waals surface area contributed by atoms with E-state index in [1.807, 2.05) is 13.8 Å².